The Hall–Kier alpha value is -2.17. The highest BCUT2D eigenvalue weighted by Gasteiger charge is 2.08. The van der Waals surface area contributed by atoms with E-state index in [1.807, 2.05) is 0 Å². The van der Waals surface area contributed by atoms with E-state index in [-0.39, 0.29) is 0 Å². The smallest absolute Gasteiger partial charge is 0.136 e. The highest BCUT2D eigenvalue weighted by molar-refractivity contribution is 5.63. The molecule has 0 fully saturated rings. The maximum atomic E-state index is 13.7. The van der Waals surface area contributed by atoms with Crippen molar-refractivity contribution in [3.63, 3.8) is 0 Å². The molecule has 1 aromatic carbocycles. The SMILES string of the molecule is COc1ccc(-c2cc(N)ncn2)c(F)c1. The molecule has 0 aliphatic carbocycles. The van der Waals surface area contributed by atoms with E-state index in [1.165, 1.54) is 25.6 Å². The van der Waals surface area contributed by atoms with Crippen molar-refractivity contribution in [3.05, 3.63) is 36.4 Å². The Morgan fingerprint density at radius 2 is 2.06 bits per heavy atom. The van der Waals surface area contributed by atoms with Crippen LogP contribution in [0.25, 0.3) is 11.3 Å². The molecule has 82 valence electrons. The van der Waals surface area contributed by atoms with Crippen molar-refractivity contribution >= 4 is 5.82 Å². The second-order valence-corrected chi connectivity index (χ2v) is 3.17. The van der Waals surface area contributed by atoms with Gasteiger partial charge in [-0.25, -0.2) is 14.4 Å². The Morgan fingerprint density at radius 1 is 1.25 bits per heavy atom. The van der Waals surface area contributed by atoms with Crippen LogP contribution in [0.4, 0.5) is 10.2 Å². The van der Waals surface area contributed by atoms with Gasteiger partial charge in [0.1, 0.15) is 23.7 Å². The minimum atomic E-state index is -0.405. The van der Waals surface area contributed by atoms with Crippen LogP contribution in [-0.2, 0) is 0 Å². The highest BCUT2D eigenvalue weighted by atomic mass is 19.1. The number of hydrogen-bond donors (Lipinski definition) is 1. The first-order valence-electron chi connectivity index (χ1n) is 4.62. The van der Waals surface area contributed by atoms with E-state index in [4.69, 9.17) is 10.5 Å². The van der Waals surface area contributed by atoms with Crippen molar-refractivity contribution < 1.29 is 9.13 Å². The van der Waals surface area contributed by atoms with Gasteiger partial charge in [0.05, 0.1) is 12.8 Å². The summed E-state index contributed by atoms with van der Waals surface area (Å²) >= 11 is 0. The van der Waals surface area contributed by atoms with Crippen LogP contribution in [0.5, 0.6) is 5.75 Å². The number of anilines is 1. The molecule has 2 rings (SSSR count). The number of nitrogen functional groups attached to an aromatic ring is 1. The van der Waals surface area contributed by atoms with E-state index in [0.29, 0.717) is 22.8 Å². The fourth-order valence-corrected chi connectivity index (χ4v) is 1.35. The zero-order valence-corrected chi connectivity index (χ0v) is 8.64. The van der Waals surface area contributed by atoms with Gasteiger partial charge in [-0.05, 0) is 12.1 Å². The largest absolute Gasteiger partial charge is 0.497 e. The van der Waals surface area contributed by atoms with Gasteiger partial charge in [0.25, 0.3) is 0 Å². The predicted octanol–water partition coefficient (Wildman–Crippen LogP) is 1.87. The van der Waals surface area contributed by atoms with Gasteiger partial charge in [-0.2, -0.15) is 0 Å². The molecule has 5 heteroatoms. The van der Waals surface area contributed by atoms with Crippen LogP contribution in [0.3, 0.4) is 0 Å². The lowest BCUT2D eigenvalue weighted by Crippen LogP contribution is -1.94. The lowest BCUT2D eigenvalue weighted by atomic mass is 10.1. The van der Waals surface area contributed by atoms with E-state index < -0.39 is 5.82 Å². The van der Waals surface area contributed by atoms with E-state index in [1.54, 1.807) is 12.1 Å². The first kappa shape index (κ1) is 10.4. The van der Waals surface area contributed by atoms with Gasteiger partial charge in [-0.15, -0.1) is 0 Å². The van der Waals surface area contributed by atoms with Crippen molar-refractivity contribution in [2.24, 2.45) is 0 Å². The average Bonchev–Trinajstić information content (AvgIpc) is 2.28. The summed E-state index contributed by atoms with van der Waals surface area (Å²) < 4.78 is 18.6. The number of ether oxygens (including phenoxy) is 1. The van der Waals surface area contributed by atoms with Crippen molar-refractivity contribution in [1.82, 2.24) is 9.97 Å². The molecule has 2 aromatic rings. The second kappa shape index (κ2) is 4.14. The monoisotopic (exact) mass is 219 g/mol. The molecule has 0 saturated carbocycles. The minimum Gasteiger partial charge on any atom is -0.497 e. The zero-order valence-electron chi connectivity index (χ0n) is 8.64. The topological polar surface area (TPSA) is 61.0 Å². The molecular formula is C11H10FN3O. The molecule has 0 bridgehead atoms. The minimum absolute atomic E-state index is 0.306. The normalized spacial score (nSPS) is 10.1. The highest BCUT2D eigenvalue weighted by Crippen LogP contribution is 2.24. The van der Waals surface area contributed by atoms with E-state index in [2.05, 4.69) is 9.97 Å². The quantitative estimate of drug-likeness (QED) is 0.837. The summed E-state index contributed by atoms with van der Waals surface area (Å²) in [6.45, 7) is 0. The van der Waals surface area contributed by atoms with E-state index in [9.17, 15) is 4.39 Å². The molecule has 0 atom stereocenters. The van der Waals surface area contributed by atoms with Gasteiger partial charge in [0.2, 0.25) is 0 Å². The summed E-state index contributed by atoms with van der Waals surface area (Å²) in [7, 11) is 1.48. The first-order chi connectivity index (χ1) is 7.70. The van der Waals surface area contributed by atoms with Crippen molar-refractivity contribution in [2.75, 3.05) is 12.8 Å². The van der Waals surface area contributed by atoms with Crippen LogP contribution in [0, 0.1) is 5.82 Å². The Kier molecular flexibility index (Phi) is 2.68. The summed E-state index contributed by atoms with van der Waals surface area (Å²) in [5.41, 5.74) is 6.33. The number of benzene rings is 1. The first-order valence-corrected chi connectivity index (χ1v) is 4.62. The fraction of sp³-hybridized carbons (Fsp3) is 0.0909. The summed E-state index contributed by atoms with van der Waals surface area (Å²) in [5, 5.41) is 0. The maximum absolute atomic E-state index is 13.7. The Balaban J connectivity index is 2.48. The standard InChI is InChI=1S/C11H10FN3O/c1-16-7-2-3-8(9(12)4-7)10-5-11(13)15-6-14-10/h2-6H,1H3,(H2,13,14,15). The molecule has 0 amide bonds. The zero-order chi connectivity index (χ0) is 11.5. The van der Waals surface area contributed by atoms with Gasteiger partial charge in [0.15, 0.2) is 0 Å². The third-order valence-corrected chi connectivity index (χ3v) is 2.14. The summed E-state index contributed by atoms with van der Waals surface area (Å²) in [6.07, 6.45) is 1.30. The third kappa shape index (κ3) is 1.93. The molecule has 0 radical (unpaired) electrons. The summed E-state index contributed by atoms with van der Waals surface area (Å²) in [6, 6.07) is 6.07. The van der Waals surface area contributed by atoms with E-state index in [0.717, 1.165) is 0 Å². The van der Waals surface area contributed by atoms with Crippen LogP contribution in [0.2, 0.25) is 0 Å². The van der Waals surface area contributed by atoms with Crippen molar-refractivity contribution in [3.8, 4) is 17.0 Å². The molecule has 1 aromatic heterocycles. The van der Waals surface area contributed by atoms with Gasteiger partial charge >= 0.3 is 0 Å². The molecule has 0 saturated heterocycles. The second-order valence-electron chi connectivity index (χ2n) is 3.17. The Labute approximate surface area is 91.9 Å². The average molecular weight is 219 g/mol. The number of aromatic nitrogens is 2. The van der Waals surface area contributed by atoms with Gasteiger partial charge in [0, 0.05) is 17.7 Å². The Bertz CT molecular complexity index is 516. The molecule has 0 aliphatic heterocycles. The van der Waals surface area contributed by atoms with Gasteiger partial charge in [-0.1, -0.05) is 0 Å². The summed E-state index contributed by atoms with van der Waals surface area (Å²) in [4.78, 5) is 7.70. The van der Waals surface area contributed by atoms with Crippen molar-refractivity contribution in [1.29, 1.82) is 0 Å². The predicted molar refractivity (Wildman–Crippen MR) is 58.4 cm³/mol. The van der Waals surface area contributed by atoms with Crippen LogP contribution in [-0.4, -0.2) is 17.1 Å². The number of hydrogen-bond acceptors (Lipinski definition) is 4. The molecule has 1 heterocycles. The van der Waals surface area contributed by atoms with Crippen LogP contribution < -0.4 is 10.5 Å². The third-order valence-electron chi connectivity index (χ3n) is 2.14. The van der Waals surface area contributed by atoms with Crippen LogP contribution in [0.15, 0.2) is 30.6 Å². The fourth-order valence-electron chi connectivity index (χ4n) is 1.35. The van der Waals surface area contributed by atoms with E-state index >= 15 is 0 Å². The maximum Gasteiger partial charge on any atom is 0.136 e. The molecular weight excluding hydrogens is 209 g/mol. The molecule has 0 unspecified atom stereocenters. The van der Waals surface area contributed by atoms with Gasteiger partial charge < -0.3 is 10.5 Å². The molecule has 2 N–H and O–H groups in total. The Morgan fingerprint density at radius 3 is 2.69 bits per heavy atom. The number of nitrogens with two attached hydrogens (primary N) is 1. The molecule has 0 spiro atoms. The number of nitrogens with zero attached hydrogens (tertiary/aromatic N) is 2. The lowest BCUT2D eigenvalue weighted by Gasteiger charge is -2.05. The lowest BCUT2D eigenvalue weighted by molar-refractivity contribution is 0.411. The molecule has 0 aliphatic rings. The van der Waals surface area contributed by atoms with Crippen LogP contribution in [0.1, 0.15) is 0 Å². The van der Waals surface area contributed by atoms with Crippen LogP contribution >= 0.6 is 0 Å². The van der Waals surface area contributed by atoms with Gasteiger partial charge in [-0.3, -0.25) is 0 Å². The number of methoxy groups -OCH3 is 1. The number of rotatable bonds is 2. The molecule has 16 heavy (non-hydrogen) atoms. The number of halogens is 1. The summed E-state index contributed by atoms with van der Waals surface area (Å²) in [5.74, 6) is 0.362. The molecule has 4 nitrogen and oxygen atoms in total. The van der Waals surface area contributed by atoms with Crippen molar-refractivity contribution in [2.45, 2.75) is 0 Å².